The van der Waals surface area contributed by atoms with Crippen molar-refractivity contribution >= 4 is 35.0 Å². The van der Waals surface area contributed by atoms with E-state index in [1.807, 2.05) is 41.1 Å². The van der Waals surface area contributed by atoms with Crippen molar-refractivity contribution in [2.24, 2.45) is 0 Å². The Morgan fingerprint density at radius 2 is 1.92 bits per heavy atom. The van der Waals surface area contributed by atoms with Crippen molar-refractivity contribution in [2.75, 3.05) is 44.3 Å². The third-order valence-electron chi connectivity index (χ3n) is 6.33. The van der Waals surface area contributed by atoms with E-state index in [-0.39, 0.29) is 6.10 Å². The van der Waals surface area contributed by atoms with Crippen LogP contribution in [0.1, 0.15) is 5.56 Å². The lowest BCUT2D eigenvalue weighted by atomic mass is 10.1. The second-order valence-electron chi connectivity index (χ2n) is 8.71. The summed E-state index contributed by atoms with van der Waals surface area (Å²) in [5.41, 5.74) is 1.70. The number of aromatic nitrogens is 2. The van der Waals surface area contributed by atoms with Crippen LogP contribution in [-0.2, 0) is 21.8 Å². The summed E-state index contributed by atoms with van der Waals surface area (Å²) in [7, 11) is 0. The number of piperazine rings is 1. The Morgan fingerprint density at radius 1 is 1.14 bits per heavy atom. The van der Waals surface area contributed by atoms with Crippen molar-refractivity contribution in [3.8, 4) is 5.75 Å². The number of carbonyl (C=O) groups excluding carboxylic acids is 1. The lowest BCUT2D eigenvalue weighted by molar-refractivity contribution is -0.265. The first-order valence-corrected chi connectivity index (χ1v) is 12.3. The number of ether oxygens (including phenoxy) is 3. The van der Waals surface area contributed by atoms with Crippen molar-refractivity contribution in [1.82, 2.24) is 14.5 Å². The van der Waals surface area contributed by atoms with E-state index in [0.717, 1.165) is 5.69 Å². The number of nitrogens with zero attached hydrogens (tertiary/aromatic N) is 4. The second-order valence-corrected chi connectivity index (χ2v) is 9.55. The molecule has 5 rings (SSSR count). The third kappa shape index (κ3) is 5.39. The molecular weight excluding hydrogens is 507 g/mol. The summed E-state index contributed by atoms with van der Waals surface area (Å²) in [6, 6.07) is 13.0. The molecule has 0 N–H and O–H groups in total. The average Bonchev–Trinajstić information content (AvgIpc) is 3.54. The van der Waals surface area contributed by atoms with Gasteiger partial charge in [0.05, 0.1) is 24.5 Å². The molecule has 190 valence electrons. The van der Waals surface area contributed by atoms with Gasteiger partial charge in [-0.2, -0.15) is 0 Å². The normalized spacial score (nSPS) is 22.1. The van der Waals surface area contributed by atoms with E-state index in [1.54, 1.807) is 24.7 Å². The predicted molar refractivity (Wildman–Crippen MR) is 132 cm³/mol. The molecule has 1 amide bonds. The molecule has 1 aromatic heterocycles. The number of amides is 1. The fourth-order valence-electron chi connectivity index (χ4n) is 4.46. The molecule has 9 nitrogen and oxygen atoms in total. The molecule has 0 aliphatic carbocycles. The molecule has 3 aromatic rings. The van der Waals surface area contributed by atoms with Crippen LogP contribution in [0.25, 0.3) is 0 Å². The minimum Gasteiger partial charge on any atom is -0.530 e. The molecule has 2 aliphatic rings. The smallest absolute Gasteiger partial charge is 0.215 e. The monoisotopic (exact) mass is 531 g/mol. The van der Waals surface area contributed by atoms with Gasteiger partial charge in [0.15, 0.2) is 0 Å². The predicted octanol–water partition coefficient (Wildman–Crippen LogP) is 3.00. The molecule has 11 heteroatoms. The molecule has 0 saturated carbocycles. The average molecular weight is 532 g/mol. The number of halogens is 2. The maximum atomic E-state index is 11.0. The van der Waals surface area contributed by atoms with Crippen LogP contribution in [0.4, 0.5) is 10.5 Å². The van der Waals surface area contributed by atoms with Gasteiger partial charge in [-0.25, -0.2) is 4.98 Å². The summed E-state index contributed by atoms with van der Waals surface area (Å²) in [6.07, 6.45) is 3.78. The van der Waals surface area contributed by atoms with Crippen molar-refractivity contribution in [3.63, 3.8) is 0 Å². The first-order valence-electron chi connectivity index (χ1n) is 11.6. The lowest BCUT2D eigenvalue weighted by Crippen LogP contribution is -2.52. The van der Waals surface area contributed by atoms with E-state index in [0.29, 0.717) is 67.3 Å². The number of rotatable bonds is 7. The summed E-state index contributed by atoms with van der Waals surface area (Å²) >= 11 is 12.6. The van der Waals surface area contributed by atoms with Crippen LogP contribution < -0.4 is 14.7 Å². The van der Waals surface area contributed by atoms with Gasteiger partial charge in [0.2, 0.25) is 5.79 Å². The van der Waals surface area contributed by atoms with E-state index < -0.39 is 11.9 Å². The maximum Gasteiger partial charge on any atom is 0.215 e. The first kappa shape index (κ1) is 24.7. The number of benzene rings is 2. The topological polar surface area (TPSA) is 92.1 Å². The number of anilines is 1. The van der Waals surface area contributed by atoms with Crippen LogP contribution in [0.3, 0.4) is 0 Å². The SMILES string of the molecule is O=C([O-])N1CCN(c2ccc(OCC3COC(Cn4ccnc4)(c4ccc(Cl)cc4Cl)O3)cc2)CC1. The van der Waals surface area contributed by atoms with Crippen LogP contribution in [0, 0.1) is 0 Å². The van der Waals surface area contributed by atoms with Crippen molar-refractivity contribution in [3.05, 3.63) is 76.8 Å². The van der Waals surface area contributed by atoms with Gasteiger partial charge in [-0.05, 0) is 36.4 Å². The zero-order valence-corrected chi connectivity index (χ0v) is 20.9. The van der Waals surface area contributed by atoms with Crippen LogP contribution >= 0.6 is 23.2 Å². The van der Waals surface area contributed by atoms with Gasteiger partial charge in [0, 0.05) is 54.8 Å². The zero-order chi connectivity index (χ0) is 25.1. The van der Waals surface area contributed by atoms with Crippen LogP contribution in [-0.4, -0.2) is 66.0 Å². The number of hydrogen-bond acceptors (Lipinski definition) is 7. The van der Waals surface area contributed by atoms with E-state index >= 15 is 0 Å². The van der Waals surface area contributed by atoms with Crippen molar-refractivity contribution in [1.29, 1.82) is 0 Å². The van der Waals surface area contributed by atoms with E-state index in [1.165, 1.54) is 4.90 Å². The molecule has 2 aromatic carbocycles. The first-order chi connectivity index (χ1) is 17.4. The Morgan fingerprint density at radius 3 is 2.58 bits per heavy atom. The Bertz CT molecular complexity index is 1190. The highest BCUT2D eigenvalue weighted by Gasteiger charge is 2.45. The summed E-state index contributed by atoms with van der Waals surface area (Å²) in [5, 5.41) is 12.0. The van der Waals surface area contributed by atoms with Gasteiger partial charge in [-0.15, -0.1) is 0 Å². The van der Waals surface area contributed by atoms with Crippen LogP contribution in [0.15, 0.2) is 61.2 Å². The standard InChI is InChI=1S/C25H26Cl2N4O5/c26-18-1-6-22(23(27)13-18)25(16-29-8-7-28-17-29)35-15-21(36-25)14-34-20-4-2-19(3-5-20)30-9-11-31(12-10-30)24(32)33/h1-8,13,17,21H,9-12,14-16H2,(H,32,33)/p-1. The molecule has 36 heavy (non-hydrogen) atoms. The highest BCUT2D eigenvalue weighted by molar-refractivity contribution is 6.35. The number of carbonyl (C=O) groups is 1. The highest BCUT2D eigenvalue weighted by Crippen LogP contribution is 2.40. The summed E-state index contributed by atoms with van der Waals surface area (Å²) in [4.78, 5) is 18.6. The van der Waals surface area contributed by atoms with Gasteiger partial charge in [-0.1, -0.05) is 29.3 Å². The van der Waals surface area contributed by atoms with Gasteiger partial charge in [0.25, 0.3) is 0 Å². The van der Waals surface area contributed by atoms with Crippen LogP contribution in [0.2, 0.25) is 10.0 Å². The molecule has 2 saturated heterocycles. The molecule has 0 radical (unpaired) electrons. The van der Waals surface area contributed by atoms with Gasteiger partial charge >= 0.3 is 0 Å². The zero-order valence-electron chi connectivity index (χ0n) is 19.4. The fraction of sp³-hybridized carbons (Fsp3) is 0.360. The largest absolute Gasteiger partial charge is 0.530 e. The molecule has 0 bridgehead atoms. The number of hydrogen-bond donors (Lipinski definition) is 0. The Labute approximate surface area is 218 Å². The summed E-state index contributed by atoms with van der Waals surface area (Å²) in [5.74, 6) is -0.402. The third-order valence-corrected chi connectivity index (χ3v) is 6.87. The lowest BCUT2D eigenvalue weighted by Gasteiger charge is -2.37. The Balaban J connectivity index is 1.22. The molecule has 2 unspecified atom stereocenters. The van der Waals surface area contributed by atoms with Crippen molar-refractivity contribution in [2.45, 2.75) is 18.4 Å². The van der Waals surface area contributed by atoms with Gasteiger partial charge in [0.1, 0.15) is 24.6 Å². The summed E-state index contributed by atoms with van der Waals surface area (Å²) < 4.78 is 20.5. The second kappa shape index (κ2) is 10.6. The van der Waals surface area contributed by atoms with E-state index in [4.69, 9.17) is 37.4 Å². The molecule has 2 atom stereocenters. The minimum atomic E-state index is -1.12. The highest BCUT2D eigenvalue weighted by atomic mass is 35.5. The van der Waals surface area contributed by atoms with Gasteiger partial charge < -0.3 is 38.5 Å². The van der Waals surface area contributed by atoms with Crippen LogP contribution in [0.5, 0.6) is 5.75 Å². The molecule has 3 heterocycles. The quantitative estimate of drug-likeness (QED) is 0.462. The molecule has 2 fully saturated rings. The molecular formula is C25H25Cl2N4O5-. The number of imidazole rings is 1. The van der Waals surface area contributed by atoms with E-state index in [2.05, 4.69) is 9.88 Å². The summed E-state index contributed by atoms with van der Waals surface area (Å²) in [6.45, 7) is 3.08. The molecule has 0 spiro atoms. The maximum absolute atomic E-state index is 11.0. The minimum absolute atomic E-state index is 0.292. The van der Waals surface area contributed by atoms with Gasteiger partial charge in [-0.3, -0.25) is 0 Å². The number of carboxylic acid groups (broad SMARTS) is 1. The Hall–Kier alpha value is -2.98. The Kier molecular flexibility index (Phi) is 7.25. The fourth-order valence-corrected chi connectivity index (χ4v) is 5.02. The van der Waals surface area contributed by atoms with Crippen molar-refractivity contribution < 1.29 is 24.1 Å². The molecule has 2 aliphatic heterocycles. The van der Waals surface area contributed by atoms with E-state index in [9.17, 15) is 9.90 Å².